The molecule has 13 heteroatoms. The minimum absolute atomic E-state index is 0.0494. The van der Waals surface area contributed by atoms with E-state index in [0.717, 1.165) is 0 Å². The van der Waals surface area contributed by atoms with Crippen LogP contribution in [0.3, 0.4) is 0 Å². The zero-order valence-electron chi connectivity index (χ0n) is 24.7. The van der Waals surface area contributed by atoms with E-state index < -0.39 is 76.2 Å². The van der Waals surface area contributed by atoms with E-state index in [2.05, 4.69) is 5.32 Å². The highest BCUT2D eigenvalue weighted by molar-refractivity contribution is 6.32. The quantitative estimate of drug-likeness (QED) is 0.328. The normalized spacial score (nSPS) is 27.7. The van der Waals surface area contributed by atoms with Crippen LogP contribution in [0.5, 0.6) is 11.5 Å². The monoisotopic (exact) mass is 606 g/mol. The van der Waals surface area contributed by atoms with Crippen LogP contribution >= 0.6 is 0 Å². The summed E-state index contributed by atoms with van der Waals surface area (Å²) in [6.45, 7) is -0.224. The molecule has 3 aliphatic rings. The van der Waals surface area contributed by atoms with E-state index in [4.69, 9.17) is 10.5 Å². The van der Waals surface area contributed by atoms with Gasteiger partial charge in [0, 0.05) is 37.8 Å². The third-order valence-corrected chi connectivity index (χ3v) is 8.98. The molecule has 0 saturated heterocycles. The lowest BCUT2D eigenvalue weighted by Crippen LogP contribution is -2.74. The molecule has 2 unspecified atom stereocenters. The minimum Gasteiger partial charge on any atom is -0.507 e. The molecule has 3 aliphatic carbocycles. The molecule has 0 radical (unpaired) electrons. The van der Waals surface area contributed by atoms with Gasteiger partial charge in [-0.25, -0.2) is 4.79 Å². The highest BCUT2D eigenvalue weighted by atomic mass is 16.6. The zero-order valence-corrected chi connectivity index (χ0v) is 24.7. The third-order valence-electron chi connectivity index (χ3n) is 8.98. The number of rotatable bonds is 6. The summed E-state index contributed by atoms with van der Waals surface area (Å²) < 4.78 is 5.23. The molecular weight excluding hydrogens is 572 g/mol. The molecule has 5 rings (SSSR count). The molecule has 0 aliphatic heterocycles. The number of fused-ring (bicyclic) bond motifs is 3. The largest absolute Gasteiger partial charge is 0.507 e. The van der Waals surface area contributed by atoms with Crippen molar-refractivity contribution in [2.45, 2.75) is 31.0 Å². The Morgan fingerprint density at radius 3 is 2.32 bits per heavy atom. The number of likely N-dealkylation sites (N-methyl/N-ethyl adjacent to an activating group) is 1. The van der Waals surface area contributed by atoms with Gasteiger partial charge < -0.3 is 30.9 Å². The number of ether oxygens (including phenoxy) is 1. The molecule has 232 valence electrons. The van der Waals surface area contributed by atoms with Gasteiger partial charge in [-0.3, -0.25) is 28.9 Å². The number of Topliss-reactive ketones (excluding diaryl/α,β-unsaturated/α-hetero) is 4. The Morgan fingerprint density at radius 2 is 1.73 bits per heavy atom. The van der Waals surface area contributed by atoms with Crippen LogP contribution in [0.25, 0.3) is 0 Å². The molecule has 44 heavy (non-hydrogen) atoms. The predicted octanol–water partition coefficient (Wildman–Crippen LogP) is 0.222. The van der Waals surface area contributed by atoms with Gasteiger partial charge in [0.1, 0.15) is 11.5 Å². The van der Waals surface area contributed by atoms with Gasteiger partial charge in [0.2, 0.25) is 5.91 Å². The second-order valence-electron chi connectivity index (χ2n) is 12.0. The number of carbonyl (C=O) groups excluding carboxylic acids is 6. The van der Waals surface area contributed by atoms with E-state index in [1.54, 1.807) is 55.4 Å². The second-order valence-corrected chi connectivity index (χ2v) is 12.0. The number of nitrogens with one attached hydrogen (secondary N) is 1. The van der Waals surface area contributed by atoms with Gasteiger partial charge in [-0.1, -0.05) is 18.2 Å². The van der Waals surface area contributed by atoms with Gasteiger partial charge in [-0.2, -0.15) is 0 Å². The molecule has 5 N–H and O–H groups in total. The van der Waals surface area contributed by atoms with Crippen molar-refractivity contribution in [3.63, 3.8) is 0 Å². The number of ketones is 4. The van der Waals surface area contributed by atoms with Crippen LogP contribution < -0.4 is 20.7 Å². The van der Waals surface area contributed by atoms with Crippen LogP contribution in [-0.4, -0.2) is 90.1 Å². The SMILES string of the molecule is CN(C)c1cc(CNC(=O)Oc2ccccc2)c(O)c2c1C[C@@H]1C[C@@H]3[C@@H](N(C)C)C(=O)C(C(N)=O)C(=O)[C@]3(O)C(=O)C1C2=O. The fourth-order valence-corrected chi connectivity index (χ4v) is 7.04. The second kappa shape index (κ2) is 11.1. The first kappa shape index (κ1) is 30.8. The minimum atomic E-state index is -2.81. The molecule has 13 nitrogen and oxygen atoms in total. The molecular formula is C31H34N4O9. The fraction of sp³-hybridized carbons (Fsp3) is 0.419. The lowest BCUT2D eigenvalue weighted by molar-refractivity contribution is -0.181. The van der Waals surface area contributed by atoms with Crippen LogP contribution in [0.1, 0.15) is 27.9 Å². The number of para-hydroxylation sites is 1. The number of carbonyl (C=O) groups is 6. The molecule has 0 aromatic heterocycles. The van der Waals surface area contributed by atoms with Crippen molar-refractivity contribution < 1.29 is 43.7 Å². The topological polar surface area (TPSA) is 197 Å². The first-order valence-electron chi connectivity index (χ1n) is 14.1. The summed E-state index contributed by atoms with van der Waals surface area (Å²) in [6.07, 6.45) is -0.727. The zero-order chi connectivity index (χ0) is 32.2. The maximum absolute atomic E-state index is 14.1. The van der Waals surface area contributed by atoms with Crippen molar-refractivity contribution >= 4 is 40.8 Å². The third kappa shape index (κ3) is 4.72. The van der Waals surface area contributed by atoms with Gasteiger partial charge in [0.05, 0.1) is 17.5 Å². The molecule has 0 spiro atoms. The van der Waals surface area contributed by atoms with Gasteiger partial charge >= 0.3 is 6.09 Å². The van der Waals surface area contributed by atoms with Crippen LogP contribution in [0, 0.1) is 23.7 Å². The smallest absolute Gasteiger partial charge is 0.412 e. The van der Waals surface area contributed by atoms with Crippen LogP contribution in [-0.2, 0) is 32.1 Å². The summed E-state index contributed by atoms with van der Waals surface area (Å²) in [5.41, 5.74) is 3.59. The summed E-state index contributed by atoms with van der Waals surface area (Å²) in [7, 11) is 6.53. The Balaban J connectivity index is 1.53. The number of benzene rings is 2. The number of aromatic hydroxyl groups is 1. The number of phenols is 1. The number of aliphatic hydroxyl groups is 1. The molecule has 0 bridgehead atoms. The van der Waals surface area contributed by atoms with E-state index in [9.17, 15) is 39.0 Å². The van der Waals surface area contributed by atoms with E-state index in [0.29, 0.717) is 17.0 Å². The number of anilines is 1. The maximum Gasteiger partial charge on any atom is 0.412 e. The summed E-state index contributed by atoms with van der Waals surface area (Å²) in [5, 5.41) is 25.6. The van der Waals surface area contributed by atoms with E-state index in [-0.39, 0.29) is 30.5 Å². The molecule has 2 aromatic carbocycles. The standard InChI is InChI=1S/C31H34N4O9/c1-34(2)19-12-15(13-33-30(42)44-16-8-6-5-7-9-16)24(36)21-17(19)10-14-11-18-23(35(3)4)26(38)22(29(32)41)28(40)31(18,43)27(39)20(14)25(21)37/h5-9,12,14,18,20,22-23,36,43H,10-11,13H2,1-4H3,(H2,32,41)(H,33,42)/t14-,18-,20?,22?,23-,31-/m1/s1. The molecule has 2 fully saturated rings. The molecule has 2 amide bonds. The highest BCUT2D eigenvalue weighted by Crippen LogP contribution is 2.52. The van der Waals surface area contributed by atoms with Crippen LogP contribution in [0.2, 0.25) is 0 Å². The Labute approximate surface area is 252 Å². The lowest BCUT2D eigenvalue weighted by atomic mass is 9.52. The summed E-state index contributed by atoms with van der Waals surface area (Å²) in [6, 6.07) is 8.78. The molecule has 2 aromatic rings. The molecule has 6 atom stereocenters. The van der Waals surface area contributed by atoms with Crippen LogP contribution in [0.4, 0.5) is 10.5 Å². The maximum atomic E-state index is 14.1. The predicted molar refractivity (Wildman–Crippen MR) is 155 cm³/mol. The number of amides is 2. The lowest BCUT2D eigenvalue weighted by Gasteiger charge is -2.52. The fourth-order valence-electron chi connectivity index (χ4n) is 7.04. The van der Waals surface area contributed by atoms with Gasteiger partial charge in [-0.15, -0.1) is 0 Å². The first-order valence-corrected chi connectivity index (χ1v) is 14.1. The highest BCUT2D eigenvalue weighted by Gasteiger charge is 2.69. The van der Waals surface area contributed by atoms with E-state index >= 15 is 0 Å². The van der Waals surface area contributed by atoms with Crippen LogP contribution in [0.15, 0.2) is 36.4 Å². The average Bonchev–Trinajstić information content (AvgIpc) is 2.94. The van der Waals surface area contributed by atoms with Crippen molar-refractivity contribution in [3.05, 3.63) is 53.1 Å². The Hall–Kier alpha value is -4.62. The summed E-state index contributed by atoms with van der Waals surface area (Å²) >= 11 is 0. The van der Waals surface area contributed by atoms with E-state index in [1.165, 1.54) is 19.0 Å². The van der Waals surface area contributed by atoms with Gasteiger partial charge in [-0.05, 0) is 56.6 Å². The Bertz CT molecular complexity index is 1590. The number of nitrogens with zero attached hydrogens (tertiary/aromatic N) is 2. The summed E-state index contributed by atoms with van der Waals surface area (Å²) in [5.74, 6) is -11.0. The van der Waals surface area contributed by atoms with Crippen molar-refractivity contribution in [3.8, 4) is 11.5 Å². The number of phenolic OH excluding ortho intramolecular Hbond substituents is 1. The Morgan fingerprint density at radius 1 is 1.07 bits per heavy atom. The number of hydrogen-bond acceptors (Lipinski definition) is 11. The molecule has 2 saturated carbocycles. The van der Waals surface area contributed by atoms with Gasteiger partial charge in [0.25, 0.3) is 0 Å². The van der Waals surface area contributed by atoms with Gasteiger partial charge in [0.15, 0.2) is 34.7 Å². The summed E-state index contributed by atoms with van der Waals surface area (Å²) in [4.78, 5) is 82.6. The van der Waals surface area contributed by atoms with E-state index in [1.807, 2.05) is 0 Å². The Kier molecular flexibility index (Phi) is 7.80. The average molecular weight is 607 g/mol. The number of hydrogen-bond donors (Lipinski definition) is 4. The van der Waals surface area contributed by atoms with Crippen molar-refractivity contribution in [1.82, 2.24) is 10.2 Å². The van der Waals surface area contributed by atoms with Crippen molar-refractivity contribution in [2.75, 3.05) is 33.1 Å². The number of primary amides is 1. The van der Waals surface area contributed by atoms with Crippen molar-refractivity contribution in [2.24, 2.45) is 29.4 Å². The van der Waals surface area contributed by atoms with Crippen molar-refractivity contribution in [1.29, 1.82) is 0 Å². The first-order chi connectivity index (χ1) is 20.7. The number of nitrogens with two attached hydrogens (primary N) is 1. The molecule has 0 heterocycles.